The van der Waals surface area contributed by atoms with Crippen LogP contribution < -0.4 is 10.1 Å². The van der Waals surface area contributed by atoms with Crippen LogP contribution in [0.5, 0.6) is 5.75 Å². The summed E-state index contributed by atoms with van der Waals surface area (Å²) in [4.78, 5) is 11.9. The van der Waals surface area contributed by atoms with Crippen LogP contribution in [0.1, 0.15) is 12.5 Å². The monoisotopic (exact) mass is 356 g/mol. The first-order chi connectivity index (χ1) is 11.4. The third kappa shape index (κ3) is 5.47. The van der Waals surface area contributed by atoms with Gasteiger partial charge in [0.2, 0.25) is 15.9 Å². The average Bonchev–Trinajstić information content (AvgIpc) is 2.55. The van der Waals surface area contributed by atoms with Crippen LogP contribution in [-0.4, -0.2) is 63.8 Å². The maximum atomic E-state index is 12.2. The number of rotatable bonds is 7. The Labute approximate surface area is 143 Å². The van der Waals surface area contributed by atoms with Gasteiger partial charge in [-0.2, -0.15) is 4.31 Å². The van der Waals surface area contributed by atoms with Crippen molar-refractivity contribution in [3.05, 3.63) is 29.8 Å². The number of morpholine rings is 1. The fraction of sp³-hybridized carbons (Fsp3) is 0.562. The highest BCUT2D eigenvalue weighted by atomic mass is 32.2. The Kier molecular flexibility index (Phi) is 6.59. The number of hydrogen-bond donors (Lipinski definition) is 1. The Morgan fingerprint density at radius 3 is 2.71 bits per heavy atom. The van der Waals surface area contributed by atoms with Crippen LogP contribution in [-0.2, 0) is 26.0 Å². The lowest BCUT2D eigenvalue weighted by molar-refractivity contribution is -0.120. The van der Waals surface area contributed by atoms with E-state index in [0.29, 0.717) is 19.7 Å². The summed E-state index contributed by atoms with van der Waals surface area (Å²) in [5.41, 5.74) is 0.846. The number of nitrogens with one attached hydrogen (secondary N) is 1. The van der Waals surface area contributed by atoms with Gasteiger partial charge in [-0.05, 0) is 24.6 Å². The predicted octanol–water partition coefficient (Wildman–Crippen LogP) is 0.404. The highest BCUT2D eigenvalue weighted by Crippen LogP contribution is 2.12. The fourth-order valence-electron chi connectivity index (χ4n) is 2.48. The largest absolute Gasteiger partial charge is 0.497 e. The van der Waals surface area contributed by atoms with Crippen molar-refractivity contribution in [1.29, 1.82) is 0 Å². The van der Waals surface area contributed by atoms with Crippen LogP contribution in [0, 0.1) is 0 Å². The summed E-state index contributed by atoms with van der Waals surface area (Å²) in [5.74, 6) is 0.421. The molecular formula is C16H24N2O5S. The first-order valence-corrected chi connectivity index (χ1v) is 9.50. The Hall–Kier alpha value is -1.64. The summed E-state index contributed by atoms with van der Waals surface area (Å²) in [5, 5.41) is 2.66. The molecule has 1 aromatic rings. The first-order valence-electron chi connectivity index (χ1n) is 7.90. The van der Waals surface area contributed by atoms with E-state index < -0.39 is 10.0 Å². The highest BCUT2D eigenvalue weighted by Gasteiger charge is 2.27. The van der Waals surface area contributed by atoms with E-state index in [2.05, 4.69) is 5.32 Å². The normalized spacial score (nSPS) is 19.0. The SMILES string of the molecule is COc1ccc(CC(=O)NCCS(=O)(=O)N2CCOC(C)C2)cc1. The quantitative estimate of drug-likeness (QED) is 0.765. The van der Waals surface area contributed by atoms with Gasteiger partial charge < -0.3 is 14.8 Å². The zero-order chi connectivity index (χ0) is 17.6. The van der Waals surface area contributed by atoms with Gasteiger partial charge in [0.05, 0.1) is 32.0 Å². The summed E-state index contributed by atoms with van der Waals surface area (Å²) in [6.45, 7) is 3.08. The summed E-state index contributed by atoms with van der Waals surface area (Å²) < 4.78 is 36.3. The van der Waals surface area contributed by atoms with E-state index in [1.54, 1.807) is 19.2 Å². The molecule has 24 heavy (non-hydrogen) atoms. The Bertz CT molecular complexity index is 645. The van der Waals surface area contributed by atoms with Crippen molar-refractivity contribution < 1.29 is 22.7 Å². The second-order valence-electron chi connectivity index (χ2n) is 5.73. The van der Waals surface area contributed by atoms with Crippen LogP contribution in [0.15, 0.2) is 24.3 Å². The minimum atomic E-state index is -3.37. The van der Waals surface area contributed by atoms with Gasteiger partial charge in [-0.3, -0.25) is 4.79 Å². The minimum Gasteiger partial charge on any atom is -0.497 e. The molecule has 0 aromatic heterocycles. The molecule has 1 aliphatic heterocycles. The smallest absolute Gasteiger partial charge is 0.224 e. The number of hydrogen-bond acceptors (Lipinski definition) is 5. The Balaban J connectivity index is 1.76. The van der Waals surface area contributed by atoms with Gasteiger partial charge in [-0.25, -0.2) is 8.42 Å². The van der Waals surface area contributed by atoms with Crippen molar-refractivity contribution >= 4 is 15.9 Å². The molecule has 0 spiro atoms. The van der Waals surface area contributed by atoms with E-state index in [4.69, 9.17) is 9.47 Å². The van der Waals surface area contributed by atoms with Gasteiger partial charge in [0.25, 0.3) is 0 Å². The van der Waals surface area contributed by atoms with E-state index in [0.717, 1.165) is 11.3 Å². The topological polar surface area (TPSA) is 84.9 Å². The van der Waals surface area contributed by atoms with Crippen molar-refractivity contribution in [1.82, 2.24) is 9.62 Å². The molecule has 1 N–H and O–H groups in total. The molecule has 1 fully saturated rings. The molecule has 1 amide bonds. The number of amides is 1. The lowest BCUT2D eigenvalue weighted by atomic mass is 10.1. The van der Waals surface area contributed by atoms with Crippen molar-refractivity contribution in [2.24, 2.45) is 0 Å². The maximum absolute atomic E-state index is 12.2. The van der Waals surface area contributed by atoms with Gasteiger partial charge >= 0.3 is 0 Å². The number of ether oxygens (including phenoxy) is 2. The van der Waals surface area contributed by atoms with Gasteiger partial charge in [0.15, 0.2) is 0 Å². The Morgan fingerprint density at radius 1 is 1.38 bits per heavy atom. The van der Waals surface area contributed by atoms with E-state index in [1.165, 1.54) is 4.31 Å². The molecule has 1 saturated heterocycles. The standard InChI is InChI=1S/C16H24N2O5S/c1-13-12-18(8-9-23-13)24(20,21)10-7-17-16(19)11-14-3-5-15(22-2)6-4-14/h3-6,13H,7-12H2,1-2H3,(H,17,19). The van der Waals surface area contributed by atoms with Crippen LogP contribution in [0.3, 0.4) is 0 Å². The third-order valence-corrected chi connectivity index (χ3v) is 5.64. The summed E-state index contributed by atoms with van der Waals surface area (Å²) in [6, 6.07) is 7.19. The van der Waals surface area contributed by atoms with Crippen molar-refractivity contribution in [2.45, 2.75) is 19.4 Å². The predicted molar refractivity (Wildman–Crippen MR) is 90.5 cm³/mol. The highest BCUT2D eigenvalue weighted by molar-refractivity contribution is 7.89. The minimum absolute atomic E-state index is 0.0989. The summed E-state index contributed by atoms with van der Waals surface area (Å²) in [7, 11) is -1.79. The number of methoxy groups -OCH3 is 1. The van der Waals surface area contributed by atoms with Crippen LogP contribution in [0.4, 0.5) is 0 Å². The van der Waals surface area contributed by atoms with Gasteiger partial charge in [-0.1, -0.05) is 12.1 Å². The van der Waals surface area contributed by atoms with E-state index in [9.17, 15) is 13.2 Å². The van der Waals surface area contributed by atoms with E-state index in [1.807, 2.05) is 19.1 Å². The second-order valence-corrected chi connectivity index (χ2v) is 7.82. The first kappa shape index (κ1) is 18.7. The third-order valence-electron chi connectivity index (χ3n) is 3.80. The second kappa shape index (κ2) is 8.46. The Morgan fingerprint density at radius 2 is 2.08 bits per heavy atom. The lowest BCUT2D eigenvalue weighted by Gasteiger charge is -2.30. The number of sulfonamides is 1. The van der Waals surface area contributed by atoms with Crippen molar-refractivity contribution in [2.75, 3.05) is 39.1 Å². The fourth-order valence-corrected chi connectivity index (χ4v) is 3.89. The van der Waals surface area contributed by atoms with Crippen LogP contribution in [0.25, 0.3) is 0 Å². The zero-order valence-corrected chi connectivity index (χ0v) is 14.8. The molecule has 1 unspecified atom stereocenters. The molecule has 7 nitrogen and oxygen atoms in total. The number of carbonyl (C=O) groups is 1. The molecule has 0 saturated carbocycles. The zero-order valence-electron chi connectivity index (χ0n) is 14.0. The molecule has 0 bridgehead atoms. The van der Waals surface area contributed by atoms with Crippen LogP contribution in [0.2, 0.25) is 0 Å². The molecule has 134 valence electrons. The molecular weight excluding hydrogens is 332 g/mol. The summed E-state index contributed by atoms with van der Waals surface area (Å²) in [6.07, 6.45) is 0.108. The lowest BCUT2D eigenvalue weighted by Crippen LogP contribution is -2.46. The van der Waals surface area contributed by atoms with Gasteiger partial charge in [0, 0.05) is 19.6 Å². The molecule has 0 radical (unpaired) electrons. The van der Waals surface area contributed by atoms with E-state index in [-0.39, 0.29) is 30.7 Å². The van der Waals surface area contributed by atoms with Crippen molar-refractivity contribution in [3.8, 4) is 5.75 Å². The van der Waals surface area contributed by atoms with Gasteiger partial charge in [0.1, 0.15) is 5.75 Å². The molecule has 1 aromatic carbocycles. The average molecular weight is 356 g/mol. The molecule has 8 heteroatoms. The summed E-state index contributed by atoms with van der Waals surface area (Å²) >= 11 is 0. The number of nitrogens with zero attached hydrogens (tertiary/aromatic N) is 1. The number of carbonyl (C=O) groups excluding carboxylic acids is 1. The molecule has 1 aliphatic rings. The molecule has 1 atom stereocenters. The number of benzene rings is 1. The van der Waals surface area contributed by atoms with E-state index >= 15 is 0 Å². The molecule has 2 rings (SSSR count). The molecule has 0 aliphatic carbocycles. The van der Waals surface area contributed by atoms with Crippen LogP contribution >= 0.6 is 0 Å². The van der Waals surface area contributed by atoms with Gasteiger partial charge in [-0.15, -0.1) is 0 Å². The molecule has 1 heterocycles. The van der Waals surface area contributed by atoms with Crippen molar-refractivity contribution in [3.63, 3.8) is 0 Å². The maximum Gasteiger partial charge on any atom is 0.224 e.